The second kappa shape index (κ2) is 6.98. The zero-order valence-electron chi connectivity index (χ0n) is 14.2. The highest BCUT2D eigenvalue weighted by molar-refractivity contribution is 5.86. The number of nitrogens with zero attached hydrogens (tertiary/aromatic N) is 6. The molecule has 0 saturated carbocycles. The molecule has 2 aromatic heterocycles. The lowest BCUT2D eigenvalue weighted by Crippen LogP contribution is -2.46. The fourth-order valence-corrected chi connectivity index (χ4v) is 3.19. The molecule has 128 valence electrons. The van der Waals surface area contributed by atoms with Crippen LogP contribution in [0.25, 0.3) is 10.9 Å². The van der Waals surface area contributed by atoms with Crippen molar-refractivity contribution in [3.8, 4) is 5.88 Å². The van der Waals surface area contributed by atoms with E-state index < -0.39 is 0 Å². The van der Waals surface area contributed by atoms with Gasteiger partial charge in [0.05, 0.1) is 23.7 Å². The lowest BCUT2D eigenvalue weighted by atomic mass is 10.2. The molecule has 1 aromatic carbocycles. The van der Waals surface area contributed by atoms with Crippen LogP contribution in [0.4, 0.5) is 5.69 Å². The van der Waals surface area contributed by atoms with Gasteiger partial charge in [-0.1, -0.05) is 0 Å². The predicted molar refractivity (Wildman–Crippen MR) is 95.6 cm³/mol. The molecule has 0 atom stereocenters. The topological polar surface area (TPSA) is 67.3 Å². The Morgan fingerprint density at radius 1 is 1.00 bits per heavy atom. The van der Waals surface area contributed by atoms with E-state index in [0.29, 0.717) is 5.88 Å². The lowest BCUT2D eigenvalue weighted by Gasteiger charge is -2.36. The molecule has 0 aliphatic carbocycles. The predicted octanol–water partition coefficient (Wildman–Crippen LogP) is 1.75. The zero-order valence-corrected chi connectivity index (χ0v) is 14.2. The van der Waals surface area contributed by atoms with E-state index in [-0.39, 0.29) is 0 Å². The van der Waals surface area contributed by atoms with Gasteiger partial charge in [0.15, 0.2) is 0 Å². The number of hydrogen-bond donors (Lipinski definition) is 0. The molecule has 7 heteroatoms. The molecule has 0 spiro atoms. The Kier molecular flexibility index (Phi) is 4.39. The van der Waals surface area contributed by atoms with Crippen LogP contribution in [0.1, 0.15) is 5.69 Å². The van der Waals surface area contributed by atoms with E-state index in [0.717, 1.165) is 49.3 Å². The third kappa shape index (κ3) is 3.36. The summed E-state index contributed by atoms with van der Waals surface area (Å²) in [6, 6.07) is 8.24. The molecule has 0 radical (unpaired) electrons. The van der Waals surface area contributed by atoms with Gasteiger partial charge in [-0.25, -0.2) is 19.9 Å². The summed E-state index contributed by atoms with van der Waals surface area (Å²) < 4.78 is 5.36. The van der Waals surface area contributed by atoms with Crippen molar-refractivity contribution in [3.63, 3.8) is 0 Å². The molecular formula is C18H20N6O. The first-order valence-corrected chi connectivity index (χ1v) is 8.34. The van der Waals surface area contributed by atoms with Gasteiger partial charge in [-0.15, -0.1) is 0 Å². The monoisotopic (exact) mass is 336 g/mol. The van der Waals surface area contributed by atoms with Crippen LogP contribution in [0.2, 0.25) is 0 Å². The maximum atomic E-state index is 5.36. The molecule has 1 aliphatic heterocycles. The second-order valence-electron chi connectivity index (χ2n) is 6.05. The van der Waals surface area contributed by atoms with Crippen LogP contribution in [-0.4, -0.2) is 58.1 Å². The number of fused-ring (bicyclic) bond motifs is 1. The SMILES string of the molecule is COc1ncnc2ccc(N3CCN(Cc4ccncn4)CC3)cc12. The highest BCUT2D eigenvalue weighted by Gasteiger charge is 2.18. The summed E-state index contributed by atoms with van der Waals surface area (Å²) in [5.41, 5.74) is 3.15. The van der Waals surface area contributed by atoms with Crippen LogP contribution in [0, 0.1) is 0 Å². The van der Waals surface area contributed by atoms with Gasteiger partial charge >= 0.3 is 0 Å². The number of ether oxygens (including phenoxy) is 1. The molecule has 0 unspecified atom stereocenters. The highest BCUT2D eigenvalue weighted by atomic mass is 16.5. The molecule has 0 bridgehead atoms. The summed E-state index contributed by atoms with van der Waals surface area (Å²) >= 11 is 0. The largest absolute Gasteiger partial charge is 0.480 e. The van der Waals surface area contributed by atoms with Crippen molar-refractivity contribution in [1.29, 1.82) is 0 Å². The number of rotatable bonds is 4. The first kappa shape index (κ1) is 15.7. The van der Waals surface area contributed by atoms with Crippen molar-refractivity contribution in [2.24, 2.45) is 0 Å². The van der Waals surface area contributed by atoms with Crippen LogP contribution in [0.5, 0.6) is 5.88 Å². The minimum Gasteiger partial charge on any atom is -0.480 e. The number of aromatic nitrogens is 4. The Morgan fingerprint density at radius 3 is 2.64 bits per heavy atom. The summed E-state index contributed by atoms with van der Waals surface area (Å²) in [4.78, 5) is 21.6. The fourth-order valence-electron chi connectivity index (χ4n) is 3.19. The number of benzene rings is 1. The third-order valence-corrected chi connectivity index (χ3v) is 4.54. The van der Waals surface area contributed by atoms with Gasteiger partial charge in [-0.3, -0.25) is 4.90 Å². The quantitative estimate of drug-likeness (QED) is 0.719. The number of methoxy groups -OCH3 is 1. The molecule has 7 nitrogen and oxygen atoms in total. The van der Waals surface area contributed by atoms with Crippen LogP contribution in [0.15, 0.2) is 43.1 Å². The molecule has 0 amide bonds. The van der Waals surface area contributed by atoms with Crippen molar-refractivity contribution in [1.82, 2.24) is 24.8 Å². The number of piperazine rings is 1. The summed E-state index contributed by atoms with van der Waals surface area (Å²) in [5, 5.41) is 0.950. The fraction of sp³-hybridized carbons (Fsp3) is 0.333. The first-order valence-electron chi connectivity index (χ1n) is 8.34. The Hall–Kier alpha value is -2.80. The minimum absolute atomic E-state index is 0.620. The number of anilines is 1. The molecule has 4 rings (SSSR count). The van der Waals surface area contributed by atoms with Gasteiger partial charge in [0.2, 0.25) is 5.88 Å². The average Bonchev–Trinajstić information content (AvgIpc) is 2.68. The third-order valence-electron chi connectivity index (χ3n) is 4.54. The first-order chi connectivity index (χ1) is 12.3. The summed E-state index contributed by atoms with van der Waals surface area (Å²) in [7, 11) is 1.64. The standard InChI is InChI=1S/C18H20N6O/c1-25-18-16-10-15(2-3-17(16)21-13-22-18)24-8-6-23(7-9-24)11-14-4-5-19-12-20-14/h2-5,10,12-13H,6-9,11H2,1H3. The van der Waals surface area contributed by atoms with Gasteiger partial charge in [0.25, 0.3) is 0 Å². The summed E-state index contributed by atoms with van der Waals surface area (Å²) in [5.74, 6) is 0.620. The van der Waals surface area contributed by atoms with Crippen LogP contribution in [-0.2, 0) is 6.54 Å². The van der Waals surface area contributed by atoms with E-state index in [2.05, 4.69) is 41.9 Å². The van der Waals surface area contributed by atoms with Gasteiger partial charge in [0.1, 0.15) is 12.7 Å². The van der Waals surface area contributed by atoms with E-state index >= 15 is 0 Å². The molecular weight excluding hydrogens is 316 g/mol. The minimum atomic E-state index is 0.620. The van der Waals surface area contributed by atoms with E-state index in [1.54, 1.807) is 19.6 Å². The normalized spacial score (nSPS) is 15.5. The molecule has 1 saturated heterocycles. The summed E-state index contributed by atoms with van der Waals surface area (Å²) in [6.45, 7) is 4.84. The maximum Gasteiger partial charge on any atom is 0.224 e. The van der Waals surface area contributed by atoms with Crippen molar-refractivity contribution < 1.29 is 4.74 Å². The van der Waals surface area contributed by atoms with Crippen molar-refractivity contribution >= 4 is 16.6 Å². The Labute approximate surface area is 146 Å². The lowest BCUT2D eigenvalue weighted by molar-refractivity contribution is 0.247. The molecule has 1 fully saturated rings. The van der Waals surface area contributed by atoms with Crippen LogP contribution in [0.3, 0.4) is 0 Å². The van der Waals surface area contributed by atoms with Crippen molar-refractivity contribution in [2.45, 2.75) is 6.54 Å². The van der Waals surface area contributed by atoms with Gasteiger partial charge in [0, 0.05) is 44.6 Å². The molecule has 3 aromatic rings. The Morgan fingerprint density at radius 2 is 1.88 bits per heavy atom. The van der Waals surface area contributed by atoms with Gasteiger partial charge in [-0.05, 0) is 24.3 Å². The molecule has 25 heavy (non-hydrogen) atoms. The molecule has 1 aliphatic rings. The van der Waals surface area contributed by atoms with E-state index in [4.69, 9.17) is 4.74 Å². The van der Waals surface area contributed by atoms with E-state index in [1.807, 2.05) is 12.1 Å². The average molecular weight is 336 g/mol. The van der Waals surface area contributed by atoms with E-state index in [1.165, 1.54) is 12.0 Å². The van der Waals surface area contributed by atoms with Gasteiger partial charge < -0.3 is 9.64 Å². The number of hydrogen-bond acceptors (Lipinski definition) is 7. The maximum absolute atomic E-state index is 5.36. The smallest absolute Gasteiger partial charge is 0.224 e. The van der Waals surface area contributed by atoms with Crippen molar-refractivity contribution in [2.75, 3.05) is 38.2 Å². The van der Waals surface area contributed by atoms with Crippen molar-refractivity contribution in [3.05, 3.63) is 48.8 Å². The Bertz CT molecular complexity index is 849. The summed E-state index contributed by atoms with van der Waals surface area (Å²) in [6.07, 6.45) is 4.94. The second-order valence-corrected chi connectivity index (χ2v) is 6.05. The van der Waals surface area contributed by atoms with Crippen LogP contribution < -0.4 is 9.64 Å². The zero-order chi connectivity index (χ0) is 17.1. The molecule has 0 N–H and O–H groups in total. The van der Waals surface area contributed by atoms with E-state index in [9.17, 15) is 0 Å². The Balaban J connectivity index is 1.46. The van der Waals surface area contributed by atoms with Crippen LogP contribution >= 0.6 is 0 Å². The highest BCUT2D eigenvalue weighted by Crippen LogP contribution is 2.27. The van der Waals surface area contributed by atoms with Gasteiger partial charge in [-0.2, -0.15) is 0 Å². The molecule has 3 heterocycles.